The Bertz CT molecular complexity index is 667. The number of furan rings is 1. The van der Waals surface area contributed by atoms with Crippen LogP contribution in [0.4, 0.5) is 0 Å². The summed E-state index contributed by atoms with van der Waals surface area (Å²) in [4.78, 5) is 7.66. The average molecular weight is 228 g/mol. The molecule has 2 heterocycles. The van der Waals surface area contributed by atoms with Crippen molar-refractivity contribution in [3.63, 3.8) is 0 Å². The van der Waals surface area contributed by atoms with Gasteiger partial charge in [-0.2, -0.15) is 0 Å². The summed E-state index contributed by atoms with van der Waals surface area (Å²) in [6.07, 6.45) is 2.49. The minimum atomic E-state index is 0.232. The Hall–Kier alpha value is -2.23. The summed E-state index contributed by atoms with van der Waals surface area (Å²) in [5.74, 6) is 1.92. The summed E-state index contributed by atoms with van der Waals surface area (Å²) < 4.78 is 5.38. The number of aryl methyl sites for hydroxylation is 1. The molecular weight excluding hydrogens is 216 g/mol. The highest BCUT2D eigenvalue weighted by Crippen LogP contribution is 2.26. The summed E-state index contributed by atoms with van der Waals surface area (Å²) >= 11 is 0. The second kappa shape index (κ2) is 3.66. The summed E-state index contributed by atoms with van der Waals surface area (Å²) in [6, 6.07) is 6.98. The Balaban J connectivity index is 2.18. The zero-order chi connectivity index (χ0) is 11.8. The molecule has 0 saturated carbocycles. The molecule has 3 rings (SSSR count). The SMILES string of the molecule is CCc1occc1-c1nc2ccc(O)cc2[nH]1. The van der Waals surface area contributed by atoms with Crippen molar-refractivity contribution in [2.24, 2.45) is 0 Å². The third-order valence-corrected chi connectivity index (χ3v) is 2.79. The van der Waals surface area contributed by atoms with E-state index in [-0.39, 0.29) is 5.75 Å². The van der Waals surface area contributed by atoms with Crippen molar-refractivity contribution >= 4 is 11.0 Å². The van der Waals surface area contributed by atoms with Crippen LogP contribution in [0.3, 0.4) is 0 Å². The molecule has 1 aromatic carbocycles. The van der Waals surface area contributed by atoms with Crippen LogP contribution >= 0.6 is 0 Å². The van der Waals surface area contributed by atoms with Gasteiger partial charge < -0.3 is 14.5 Å². The summed E-state index contributed by atoms with van der Waals surface area (Å²) in [5, 5.41) is 9.40. The highest BCUT2D eigenvalue weighted by Gasteiger charge is 2.11. The van der Waals surface area contributed by atoms with E-state index in [2.05, 4.69) is 9.97 Å². The molecule has 2 aromatic heterocycles. The first-order chi connectivity index (χ1) is 8.28. The van der Waals surface area contributed by atoms with E-state index < -0.39 is 0 Å². The standard InChI is InChI=1S/C13H12N2O2/c1-2-12-9(5-6-17-12)13-14-10-4-3-8(16)7-11(10)15-13/h3-7,16H,2H2,1H3,(H,14,15). The van der Waals surface area contributed by atoms with Gasteiger partial charge in [0.05, 0.1) is 22.9 Å². The van der Waals surface area contributed by atoms with E-state index in [1.165, 1.54) is 0 Å². The number of rotatable bonds is 2. The van der Waals surface area contributed by atoms with Crippen LogP contribution in [-0.2, 0) is 6.42 Å². The molecule has 3 aromatic rings. The van der Waals surface area contributed by atoms with Crippen molar-refractivity contribution in [3.05, 3.63) is 36.3 Å². The molecule has 0 bridgehead atoms. The van der Waals surface area contributed by atoms with Crippen molar-refractivity contribution in [2.45, 2.75) is 13.3 Å². The number of hydrogen-bond donors (Lipinski definition) is 2. The normalized spacial score (nSPS) is 11.1. The smallest absolute Gasteiger partial charge is 0.142 e. The van der Waals surface area contributed by atoms with Gasteiger partial charge in [0.25, 0.3) is 0 Å². The summed E-state index contributed by atoms with van der Waals surface area (Å²) in [6.45, 7) is 2.04. The third kappa shape index (κ3) is 1.58. The molecule has 86 valence electrons. The molecule has 0 amide bonds. The fourth-order valence-corrected chi connectivity index (χ4v) is 1.95. The first-order valence-electron chi connectivity index (χ1n) is 5.53. The molecule has 2 N–H and O–H groups in total. The Kier molecular flexibility index (Phi) is 2.14. The number of imidazole rings is 1. The molecule has 0 aliphatic heterocycles. The number of benzene rings is 1. The van der Waals surface area contributed by atoms with Crippen LogP contribution in [0.15, 0.2) is 34.9 Å². The van der Waals surface area contributed by atoms with Gasteiger partial charge in [-0.15, -0.1) is 0 Å². The Morgan fingerprint density at radius 1 is 1.35 bits per heavy atom. The molecule has 0 atom stereocenters. The largest absolute Gasteiger partial charge is 0.508 e. The zero-order valence-electron chi connectivity index (χ0n) is 9.40. The number of nitrogens with zero attached hydrogens (tertiary/aromatic N) is 1. The lowest BCUT2D eigenvalue weighted by Gasteiger charge is -1.94. The lowest BCUT2D eigenvalue weighted by atomic mass is 10.2. The van der Waals surface area contributed by atoms with E-state index in [4.69, 9.17) is 4.42 Å². The maximum atomic E-state index is 9.40. The monoisotopic (exact) mass is 228 g/mol. The maximum absolute atomic E-state index is 9.40. The second-order valence-corrected chi connectivity index (χ2v) is 3.90. The quantitative estimate of drug-likeness (QED) is 0.708. The molecule has 0 saturated heterocycles. The van der Waals surface area contributed by atoms with Crippen LogP contribution in [0.2, 0.25) is 0 Å². The summed E-state index contributed by atoms with van der Waals surface area (Å²) in [7, 11) is 0. The van der Waals surface area contributed by atoms with Gasteiger partial charge in [-0.1, -0.05) is 6.92 Å². The molecule has 0 radical (unpaired) electrons. The van der Waals surface area contributed by atoms with Crippen LogP contribution < -0.4 is 0 Å². The molecule has 0 aliphatic carbocycles. The number of aromatic hydroxyl groups is 1. The van der Waals surface area contributed by atoms with E-state index in [1.807, 2.05) is 13.0 Å². The Morgan fingerprint density at radius 3 is 3.06 bits per heavy atom. The van der Waals surface area contributed by atoms with Crippen LogP contribution in [0.1, 0.15) is 12.7 Å². The van der Waals surface area contributed by atoms with Crippen LogP contribution in [-0.4, -0.2) is 15.1 Å². The molecule has 17 heavy (non-hydrogen) atoms. The zero-order valence-corrected chi connectivity index (χ0v) is 9.40. The second-order valence-electron chi connectivity index (χ2n) is 3.90. The van der Waals surface area contributed by atoms with Crippen molar-refractivity contribution in [1.82, 2.24) is 9.97 Å². The van der Waals surface area contributed by atoms with E-state index in [0.29, 0.717) is 0 Å². The number of nitrogens with one attached hydrogen (secondary N) is 1. The van der Waals surface area contributed by atoms with Gasteiger partial charge in [-0.25, -0.2) is 4.98 Å². The van der Waals surface area contributed by atoms with E-state index >= 15 is 0 Å². The van der Waals surface area contributed by atoms with E-state index in [0.717, 1.165) is 34.6 Å². The number of phenols is 1. The molecule has 0 aliphatic rings. The molecule has 4 heteroatoms. The number of aromatic nitrogens is 2. The first-order valence-corrected chi connectivity index (χ1v) is 5.53. The number of hydrogen-bond acceptors (Lipinski definition) is 3. The lowest BCUT2D eigenvalue weighted by molar-refractivity contribution is 0.476. The highest BCUT2D eigenvalue weighted by molar-refractivity contribution is 5.80. The van der Waals surface area contributed by atoms with Gasteiger partial charge >= 0.3 is 0 Å². The van der Waals surface area contributed by atoms with Crippen LogP contribution in [0.5, 0.6) is 5.75 Å². The molecule has 4 nitrogen and oxygen atoms in total. The van der Waals surface area contributed by atoms with Crippen LogP contribution in [0.25, 0.3) is 22.4 Å². The third-order valence-electron chi connectivity index (χ3n) is 2.79. The Morgan fingerprint density at radius 2 is 2.24 bits per heavy atom. The topological polar surface area (TPSA) is 62.1 Å². The van der Waals surface area contributed by atoms with Gasteiger partial charge in [-0.05, 0) is 18.2 Å². The van der Waals surface area contributed by atoms with Crippen molar-refractivity contribution in [3.8, 4) is 17.1 Å². The fraction of sp³-hybridized carbons (Fsp3) is 0.154. The van der Waals surface area contributed by atoms with Gasteiger partial charge in [0, 0.05) is 12.5 Å². The lowest BCUT2D eigenvalue weighted by Crippen LogP contribution is -1.83. The minimum absolute atomic E-state index is 0.232. The van der Waals surface area contributed by atoms with Crippen molar-refractivity contribution in [2.75, 3.05) is 0 Å². The maximum Gasteiger partial charge on any atom is 0.142 e. The highest BCUT2D eigenvalue weighted by atomic mass is 16.3. The van der Waals surface area contributed by atoms with Crippen molar-refractivity contribution < 1.29 is 9.52 Å². The summed E-state index contributed by atoms with van der Waals surface area (Å²) in [5.41, 5.74) is 2.63. The minimum Gasteiger partial charge on any atom is -0.508 e. The number of H-pyrrole nitrogens is 1. The molecule has 0 spiro atoms. The van der Waals surface area contributed by atoms with E-state index in [9.17, 15) is 5.11 Å². The number of fused-ring (bicyclic) bond motifs is 1. The van der Waals surface area contributed by atoms with E-state index in [1.54, 1.807) is 24.5 Å². The van der Waals surface area contributed by atoms with Gasteiger partial charge in [0.1, 0.15) is 17.3 Å². The van der Waals surface area contributed by atoms with Gasteiger partial charge in [0.15, 0.2) is 0 Å². The van der Waals surface area contributed by atoms with Gasteiger partial charge in [0.2, 0.25) is 0 Å². The Labute approximate surface area is 97.9 Å². The molecular formula is C13H12N2O2. The van der Waals surface area contributed by atoms with Gasteiger partial charge in [-0.3, -0.25) is 0 Å². The van der Waals surface area contributed by atoms with Crippen LogP contribution in [0, 0.1) is 0 Å². The first kappa shape index (κ1) is 9.96. The number of aromatic amines is 1. The fourth-order valence-electron chi connectivity index (χ4n) is 1.95. The number of phenolic OH excluding ortho intramolecular Hbond substituents is 1. The predicted octanol–water partition coefficient (Wildman–Crippen LogP) is 3.09. The molecule has 0 unspecified atom stereocenters. The van der Waals surface area contributed by atoms with Crippen molar-refractivity contribution in [1.29, 1.82) is 0 Å². The average Bonchev–Trinajstić information content (AvgIpc) is 2.93. The molecule has 0 fully saturated rings. The predicted molar refractivity (Wildman–Crippen MR) is 64.8 cm³/mol.